The Balaban J connectivity index is 1.66. The number of rotatable bonds is 7. The zero-order chi connectivity index (χ0) is 12.3. The number of methoxy groups -OCH3 is 1. The minimum atomic E-state index is 0.509. The molecule has 2 rings (SSSR count). The first-order chi connectivity index (χ1) is 8.20. The number of hydrogen-bond donors (Lipinski definition) is 1. The van der Waals surface area contributed by atoms with E-state index in [0.29, 0.717) is 12.0 Å². The normalized spacial score (nSPS) is 27.9. The van der Waals surface area contributed by atoms with Gasteiger partial charge in [0.15, 0.2) is 0 Å². The third-order valence-electron chi connectivity index (χ3n) is 4.20. The largest absolute Gasteiger partial charge is 0.383 e. The van der Waals surface area contributed by atoms with Gasteiger partial charge in [-0.05, 0) is 44.2 Å². The molecule has 0 aromatic heterocycles. The molecule has 1 N–H and O–H groups in total. The summed E-state index contributed by atoms with van der Waals surface area (Å²) >= 11 is 0. The molecule has 1 saturated carbocycles. The molecule has 0 bridgehead atoms. The van der Waals surface area contributed by atoms with Crippen LogP contribution in [0.2, 0.25) is 0 Å². The lowest BCUT2D eigenvalue weighted by molar-refractivity contribution is 0.144. The second kappa shape index (κ2) is 6.17. The summed E-state index contributed by atoms with van der Waals surface area (Å²) in [6.45, 7) is 9.17. The molecular weight excluding hydrogens is 212 g/mol. The summed E-state index contributed by atoms with van der Waals surface area (Å²) in [5.41, 5.74) is 0. The van der Waals surface area contributed by atoms with E-state index in [4.69, 9.17) is 4.74 Å². The molecule has 1 aliphatic carbocycles. The van der Waals surface area contributed by atoms with Crippen LogP contribution < -0.4 is 5.32 Å². The van der Waals surface area contributed by atoms with E-state index in [2.05, 4.69) is 24.1 Å². The number of hydrogen-bond acceptors (Lipinski definition) is 3. The monoisotopic (exact) mass is 240 g/mol. The van der Waals surface area contributed by atoms with Crippen molar-refractivity contribution in [2.75, 3.05) is 33.4 Å². The highest BCUT2D eigenvalue weighted by Crippen LogP contribution is 2.31. The summed E-state index contributed by atoms with van der Waals surface area (Å²) in [7, 11) is 1.79. The zero-order valence-electron chi connectivity index (χ0n) is 11.6. The zero-order valence-corrected chi connectivity index (χ0v) is 11.6. The molecule has 3 nitrogen and oxygen atoms in total. The van der Waals surface area contributed by atoms with Crippen molar-refractivity contribution in [1.29, 1.82) is 0 Å². The summed E-state index contributed by atoms with van der Waals surface area (Å²) in [6.07, 6.45) is 4.26. The molecule has 0 aromatic rings. The van der Waals surface area contributed by atoms with Crippen LogP contribution >= 0.6 is 0 Å². The van der Waals surface area contributed by atoms with Gasteiger partial charge in [-0.15, -0.1) is 0 Å². The van der Waals surface area contributed by atoms with Crippen LogP contribution in [-0.4, -0.2) is 50.3 Å². The van der Waals surface area contributed by atoms with E-state index in [9.17, 15) is 0 Å². The Morgan fingerprint density at radius 3 is 2.65 bits per heavy atom. The second-order valence-electron chi connectivity index (χ2n) is 6.09. The van der Waals surface area contributed by atoms with E-state index in [-0.39, 0.29) is 0 Å². The minimum absolute atomic E-state index is 0.509. The Hall–Kier alpha value is -0.120. The van der Waals surface area contributed by atoms with E-state index in [1.165, 1.54) is 32.4 Å². The van der Waals surface area contributed by atoms with Gasteiger partial charge in [0.2, 0.25) is 0 Å². The fourth-order valence-electron chi connectivity index (χ4n) is 2.79. The van der Waals surface area contributed by atoms with Gasteiger partial charge in [-0.2, -0.15) is 0 Å². The van der Waals surface area contributed by atoms with Crippen LogP contribution in [0.15, 0.2) is 0 Å². The number of ether oxygens (including phenoxy) is 1. The van der Waals surface area contributed by atoms with E-state index in [0.717, 1.165) is 25.1 Å². The van der Waals surface area contributed by atoms with Gasteiger partial charge in [0, 0.05) is 25.7 Å². The van der Waals surface area contributed by atoms with Crippen LogP contribution in [0.25, 0.3) is 0 Å². The van der Waals surface area contributed by atoms with Crippen molar-refractivity contribution in [3.05, 3.63) is 0 Å². The van der Waals surface area contributed by atoms with Crippen molar-refractivity contribution in [1.82, 2.24) is 10.2 Å². The molecule has 1 aliphatic heterocycles. The minimum Gasteiger partial charge on any atom is -0.383 e. The molecule has 2 atom stereocenters. The molecule has 0 radical (unpaired) electrons. The topological polar surface area (TPSA) is 24.5 Å². The van der Waals surface area contributed by atoms with Gasteiger partial charge in [-0.25, -0.2) is 0 Å². The standard InChI is InChI=1S/C14H28N2O/c1-11(2)14(10-17-3)15-8-12-6-7-16(9-12)13-4-5-13/h11-15H,4-10H2,1-3H3. The molecule has 1 saturated heterocycles. The van der Waals surface area contributed by atoms with Gasteiger partial charge in [-0.1, -0.05) is 13.8 Å². The Morgan fingerprint density at radius 2 is 2.06 bits per heavy atom. The SMILES string of the molecule is COCC(NCC1CCN(C2CC2)C1)C(C)C. The third kappa shape index (κ3) is 3.94. The van der Waals surface area contributed by atoms with E-state index < -0.39 is 0 Å². The Kier molecular flexibility index (Phi) is 4.83. The lowest BCUT2D eigenvalue weighted by atomic mass is 10.0. The van der Waals surface area contributed by atoms with Crippen LogP contribution in [-0.2, 0) is 4.74 Å². The van der Waals surface area contributed by atoms with Crippen molar-refractivity contribution < 1.29 is 4.74 Å². The van der Waals surface area contributed by atoms with Crippen molar-refractivity contribution in [3.63, 3.8) is 0 Å². The van der Waals surface area contributed by atoms with Crippen LogP contribution in [0.1, 0.15) is 33.1 Å². The van der Waals surface area contributed by atoms with E-state index >= 15 is 0 Å². The van der Waals surface area contributed by atoms with Gasteiger partial charge in [0.25, 0.3) is 0 Å². The van der Waals surface area contributed by atoms with Gasteiger partial charge >= 0.3 is 0 Å². The summed E-state index contributed by atoms with van der Waals surface area (Å²) in [5, 5.41) is 3.69. The van der Waals surface area contributed by atoms with Crippen LogP contribution in [0.4, 0.5) is 0 Å². The van der Waals surface area contributed by atoms with Crippen LogP contribution in [0.5, 0.6) is 0 Å². The third-order valence-corrected chi connectivity index (χ3v) is 4.20. The average Bonchev–Trinajstić information content (AvgIpc) is 3.04. The van der Waals surface area contributed by atoms with Crippen molar-refractivity contribution >= 4 is 0 Å². The predicted octanol–water partition coefficient (Wildman–Crippen LogP) is 1.73. The summed E-state index contributed by atoms with van der Waals surface area (Å²) in [4.78, 5) is 2.69. The van der Waals surface area contributed by atoms with Crippen LogP contribution in [0, 0.1) is 11.8 Å². The Morgan fingerprint density at radius 1 is 1.29 bits per heavy atom. The first kappa shape index (κ1) is 13.3. The molecule has 2 fully saturated rings. The quantitative estimate of drug-likeness (QED) is 0.733. The Bertz CT molecular complexity index is 228. The first-order valence-electron chi connectivity index (χ1n) is 7.17. The molecule has 0 amide bonds. The highest BCUT2D eigenvalue weighted by molar-refractivity contribution is 4.90. The maximum Gasteiger partial charge on any atom is 0.0618 e. The second-order valence-corrected chi connectivity index (χ2v) is 6.09. The van der Waals surface area contributed by atoms with Crippen molar-refractivity contribution in [2.24, 2.45) is 11.8 Å². The number of likely N-dealkylation sites (tertiary alicyclic amines) is 1. The maximum absolute atomic E-state index is 5.28. The smallest absolute Gasteiger partial charge is 0.0618 e. The predicted molar refractivity (Wildman–Crippen MR) is 71.2 cm³/mol. The fraction of sp³-hybridized carbons (Fsp3) is 1.00. The van der Waals surface area contributed by atoms with Gasteiger partial charge < -0.3 is 15.0 Å². The maximum atomic E-state index is 5.28. The summed E-state index contributed by atoms with van der Waals surface area (Å²) < 4.78 is 5.28. The van der Waals surface area contributed by atoms with Gasteiger partial charge in [0.1, 0.15) is 0 Å². The molecule has 2 unspecified atom stereocenters. The van der Waals surface area contributed by atoms with Crippen molar-refractivity contribution in [2.45, 2.75) is 45.2 Å². The molecular formula is C14H28N2O. The van der Waals surface area contributed by atoms with E-state index in [1.54, 1.807) is 7.11 Å². The lowest BCUT2D eigenvalue weighted by Gasteiger charge is -2.23. The lowest BCUT2D eigenvalue weighted by Crippen LogP contribution is -2.41. The molecule has 0 aromatic carbocycles. The van der Waals surface area contributed by atoms with Crippen molar-refractivity contribution in [3.8, 4) is 0 Å². The molecule has 3 heteroatoms. The van der Waals surface area contributed by atoms with Gasteiger partial charge in [0.05, 0.1) is 6.61 Å². The Labute approximate surface area is 106 Å². The molecule has 17 heavy (non-hydrogen) atoms. The van der Waals surface area contributed by atoms with E-state index in [1.807, 2.05) is 0 Å². The van der Waals surface area contributed by atoms with Crippen LogP contribution in [0.3, 0.4) is 0 Å². The number of nitrogens with one attached hydrogen (secondary N) is 1. The molecule has 1 heterocycles. The first-order valence-corrected chi connectivity index (χ1v) is 7.17. The molecule has 100 valence electrons. The molecule has 2 aliphatic rings. The number of nitrogens with zero attached hydrogens (tertiary/aromatic N) is 1. The highest BCUT2D eigenvalue weighted by Gasteiger charge is 2.34. The highest BCUT2D eigenvalue weighted by atomic mass is 16.5. The molecule has 0 spiro atoms. The van der Waals surface area contributed by atoms with Gasteiger partial charge in [-0.3, -0.25) is 0 Å². The summed E-state index contributed by atoms with van der Waals surface area (Å²) in [6, 6.07) is 1.45. The average molecular weight is 240 g/mol. The summed E-state index contributed by atoms with van der Waals surface area (Å²) in [5.74, 6) is 1.50. The fourth-order valence-corrected chi connectivity index (χ4v) is 2.79.